The van der Waals surface area contributed by atoms with Crippen molar-refractivity contribution in [3.8, 4) is 0 Å². The molecule has 1 aliphatic heterocycles. The molecule has 1 saturated carbocycles. The third kappa shape index (κ3) is 2.18. The number of nitrogens with one attached hydrogen (secondary N) is 1. The second kappa shape index (κ2) is 5.05. The van der Waals surface area contributed by atoms with Gasteiger partial charge in [0.15, 0.2) is 5.03 Å². The number of fused-ring (bicyclic) bond motifs is 1. The number of hydrogen-bond acceptors (Lipinski definition) is 4. The molecule has 1 N–H and O–H groups in total. The third-order valence-electron chi connectivity index (χ3n) is 3.82. The molecule has 1 aromatic rings. The molecule has 106 valence electrons. The third-order valence-corrected chi connectivity index (χ3v) is 6.05. The molecule has 2 atom stereocenters. The fraction of sp³-hybridized carbons (Fsp3) is 0.727. The lowest BCUT2D eigenvalue weighted by molar-refractivity contribution is -0.0242. The molecule has 0 radical (unpaired) electrons. The molecule has 1 aliphatic carbocycles. The van der Waals surface area contributed by atoms with E-state index in [1.807, 2.05) is 0 Å². The Labute approximate surface area is 117 Å². The Hall–Kier alpha value is -0.630. The van der Waals surface area contributed by atoms with Crippen molar-refractivity contribution in [2.24, 2.45) is 0 Å². The van der Waals surface area contributed by atoms with Gasteiger partial charge in [-0.25, -0.2) is 8.42 Å². The van der Waals surface area contributed by atoms with Crippen LogP contribution in [0.4, 0.5) is 0 Å². The largest absolute Gasteiger partial charge is 0.375 e. The monoisotopic (exact) mass is 305 g/mol. The van der Waals surface area contributed by atoms with Crippen molar-refractivity contribution in [3.05, 3.63) is 11.8 Å². The molecule has 6 nitrogen and oxygen atoms in total. The van der Waals surface area contributed by atoms with Crippen LogP contribution in [0, 0.1) is 0 Å². The van der Waals surface area contributed by atoms with Crippen molar-refractivity contribution >= 4 is 21.6 Å². The Balaban J connectivity index is 1.95. The maximum atomic E-state index is 12.7. The summed E-state index contributed by atoms with van der Waals surface area (Å²) in [6.07, 6.45) is 4.29. The topological polar surface area (TPSA) is 75.3 Å². The number of aromatic nitrogens is 2. The number of aromatic amines is 1. The van der Waals surface area contributed by atoms with Gasteiger partial charge in [0.1, 0.15) is 0 Å². The summed E-state index contributed by atoms with van der Waals surface area (Å²) in [4.78, 5) is 0. The average Bonchev–Trinajstić information content (AvgIpc) is 3.06. The van der Waals surface area contributed by atoms with Crippen LogP contribution in [0.15, 0.2) is 11.2 Å². The van der Waals surface area contributed by atoms with Crippen LogP contribution in [-0.2, 0) is 20.6 Å². The minimum atomic E-state index is -3.56. The molecule has 0 amide bonds. The Morgan fingerprint density at radius 1 is 1.53 bits per heavy atom. The van der Waals surface area contributed by atoms with Crippen LogP contribution in [0.2, 0.25) is 0 Å². The van der Waals surface area contributed by atoms with Gasteiger partial charge >= 0.3 is 0 Å². The highest BCUT2D eigenvalue weighted by molar-refractivity contribution is 7.89. The smallest absolute Gasteiger partial charge is 0.260 e. The summed E-state index contributed by atoms with van der Waals surface area (Å²) in [5.74, 6) is 0.128. The van der Waals surface area contributed by atoms with Crippen LogP contribution in [0.1, 0.15) is 24.8 Å². The van der Waals surface area contributed by atoms with Crippen molar-refractivity contribution in [3.63, 3.8) is 0 Å². The van der Waals surface area contributed by atoms with Crippen molar-refractivity contribution in [1.82, 2.24) is 14.5 Å². The minimum absolute atomic E-state index is 0.0332. The Kier molecular flexibility index (Phi) is 3.55. The molecule has 1 saturated heterocycles. The molecule has 2 heterocycles. The fourth-order valence-corrected chi connectivity index (χ4v) is 4.98. The number of sulfonamides is 1. The van der Waals surface area contributed by atoms with E-state index in [2.05, 4.69) is 10.2 Å². The lowest BCUT2D eigenvalue weighted by Gasteiger charge is -2.36. The first-order valence-electron chi connectivity index (χ1n) is 6.36. The number of H-pyrrole nitrogens is 1. The van der Waals surface area contributed by atoms with Gasteiger partial charge in [-0.1, -0.05) is 0 Å². The number of halogens is 1. The van der Waals surface area contributed by atoms with Crippen molar-refractivity contribution in [1.29, 1.82) is 0 Å². The highest BCUT2D eigenvalue weighted by Gasteiger charge is 2.43. The van der Waals surface area contributed by atoms with Gasteiger partial charge in [0.05, 0.1) is 30.8 Å². The standard InChI is InChI=1S/C11H16ClN3O3S/c12-6-8-7-13-14-11(8)19(16,17)15-4-5-18-10-3-1-2-9(10)15/h7,9-10H,1-6H2,(H,13,14). The van der Waals surface area contributed by atoms with E-state index in [9.17, 15) is 8.42 Å². The summed E-state index contributed by atoms with van der Waals surface area (Å²) in [5.41, 5.74) is 0.516. The Bertz CT molecular complexity index is 559. The van der Waals surface area contributed by atoms with E-state index in [4.69, 9.17) is 16.3 Å². The van der Waals surface area contributed by atoms with Gasteiger partial charge in [0.2, 0.25) is 0 Å². The quantitative estimate of drug-likeness (QED) is 0.848. The van der Waals surface area contributed by atoms with Gasteiger partial charge in [-0.05, 0) is 19.3 Å². The zero-order valence-corrected chi connectivity index (χ0v) is 12.0. The van der Waals surface area contributed by atoms with Crippen LogP contribution in [0.25, 0.3) is 0 Å². The summed E-state index contributed by atoms with van der Waals surface area (Å²) < 4.78 is 32.6. The lowest BCUT2D eigenvalue weighted by atomic mass is 10.2. The lowest BCUT2D eigenvalue weighted by Crippen LogP contribution is -2.51. The molecule has 0 aromatic carbocycles. The van der Waals surface area contributed by atoms with E-state index >= 15 is 0 Å². The number of hydrogen-bond donors (Lipinski definition) is 1. The Morgan fingerprint density at radius 2 is 2.37 bits per heavy atom. The first-order valence-corrected chi connectivity index (χ1v) is 8.33. The zero-order valence-electron chi connectivity index (χ0n) is 10.4. The molecular weight excluding hydrogens is 290 g/mol. The van der Waals surface area contributed by atoms with Crippen LogP contribution >= 0.6 is 11.6 Å². The van der Waals surface area contributed by atoms with Gasteiger partial charge < -0.3 is 4.74 Å². The highest BCUT2D eigenvalue weighted by atomic mass is 35.5. The number of ether oxygens (including phenoxy) is 1. The van der Waals surface area contributed by atoms with Crippen molar-refractivity contribution < 1.29 is 13.2 Å². The van der Waals surface area contributed by atoms with E-state index in [1.54, 1.807) is 4.31 Å². The summed E-state index contributed by atoms with van der Waals surface area (Å²) in [6, 6.07) is -0.0507. The van der Waals surface area contributed by atoms with Gasteiger partial charge in [-0.15, -0.1) is 11.6 Å². The van der Waals surface area contributed by atoms with E-state index in [0.717, 1.165) is 19.3 Å². The molecule has 8 heteroatoms. The van der Waals surface area contributed by atoms with E-state index in [1.165, 1.54) is 6.20 Å². The molecule has 3 rings (SSSR count). The van der Waals surface area contributed by atoms with Crippen LogP contribution < -0.4 is 0 Å². The van der Waals surface area contributed by atoms with Crippen LogP contribution in [-0.4, -0.2) is 48.2 Å². The van der Waals surface area contributed by atoms with Gasteiger partial charge in [0, 0.05) is 12.1 Å². The minimum Gasteiger partial charge on any atom is -0.375 e. The van der Waals surface area contributed by atoms with E-state index in [0.29, 0.717) is 18.7 Å². The van der Waals surface area contributed by atoms with Gasteiger partial charge in [0.25, 0.3) is 10.0 Å². The first kappa shape index (κ1) is 13.4. The van der Waals surface area contributed by atoms with Crippen LogP contribution in [0.5, 0.6) is 0 Å². The molecule has 2 aliphatic rings. The summed E-state index contributed by atoms with van der Waals surface area (Å²) >= 11 is 5.76. The predicted molar refractivity (Wildman–Crippen MR) is 69.4 cm³/mol. The van der Waals surface area contributed by atoms with Gasteiger partial charge in [-0.2, -0.15) is 9.40 Å². The molecule has 2 unspecified atom stereocenters. The second-order valence-electron chi connectivity index (χ2n) is 4.88. The fourth-order valence-electron chi connectivity index (χ4n) is 2.92. The normalized spacial score (nSPS) is 28.5. The number of morpholine rings is 1. The van der Waals surface area contributed by atoms with E-state index in [-0.39, 0.29) is 23.1 Å². The maximum Gasteiger partial charge on any atom is 0.260 e. The second-order valence-corrected chi connectivity index (χ2v) is 6.98. The van der Waals surface area contributed by atoms with Crippen LogP contribution in [0.3, 0.4) is 0 Å². The molecule has 1 aromatic heterocycles. The van der Waals surface area contributed by atoms with E-state index < -0.39 is 10.0 Å². The van der Waals surface area contributed by atoms with Crippen molar-refractivity contribution in [2.75, 3.05) is 13.2 Å². The number of rotatable bonds is 3. The molecule has 0 bridgehead atoms. The average molecular weight is 306 g/mol. The highest BCUT2D eigenvalue weighted by Crippen LogP contribution is 2.33. The maximum absolute atomic E-state index is 12.7. The van der Waals surface area contributed by atoms with Crippen molar-refractivity contribution in [2.45, 2.75) is 42.3 Å². The first-order chi connectivity index (χ1) is 9.14. The number of alkyl halides is 1. The summed E-state index contributed by atoms with van der Waals surface area (Å²) in [7, 11) is -3.56. The van der Waals surface area contributed by atoms with Gasteiger partial charge in [-0.3, -0.25) is 5.10 Å². The SMILES string of the molecule is O=S(=O)(c1[nH]ncc1CCl)N1CCOC2CCCC21. The summed E-state index contributed by atoms with van der Waals surface area (Å²) in [6.45, 7) is 0.842. The molecule has 0 spiro atoms. The Morgan fingerprint density at radius 3 is 3.16 bits per heavy atom. The predicted octanol–water partition coefficient (Wildman–Crippen LogP) is 1.09. The molecular formula is C11H16ClN3O3S. The molecule has 19 heavy (non-hydrogen) atoms. The zero-order chi connectivity index (χ0) is 13.5. The number of nitrogens with zero attached hydrogens (tertiary/aromatic N) is 2. The summed E-state index contributed by atoms with van der Waals surface area (Å²) in [5, 5.41) is 6.48. The molecule has 2 fully saturated rings.